The molecule has 24 heavy (non-hydrogen) atoms. The number of carbonyl (C=O) groups excluding carboxylic acids is 1. The van der Waals surface area contributed by atoms with Crippen LogP contribution in [-0.2, 0) is 0 Å². The topological polar surface area (TPSA) is 64.2 Å². The lowest BCUT2D eigenvalue weighted by molar-refractivity contribution is 0.102. The quantitative estimate of drug-likeness (QED) is 0.631. The molecule has 7 heteroatoms. The SMILES string of the molecule is O=C(Nc1ccc(-n2cccn2)c(F)c1)c1ccc2nccn2c1. The van der Waals surface area contributed by atoms with E-state index in [4.69, 9.17) is 0 Å². The zero-order chi connectivity index (χ0) is 16.5. The summed E-state index contributed by atoms with van der Waals surface area (Å²) in [5.74, 6) is -0.793. The summed E-state index contributed by atoms with van der Waals surface area (Å²) in [7, 11) is 0. The summed E-state index contributed by atoms with van der Waals surface area (Å²) in [6.45, 7) is 0. The Morgan fingerprint density at radius 2 is 2.04 bits per heavy atom. The minimum absolute atomic E-state index is 0.317. The highest BCUT2D eigenvalue weighted by atomic mass is 19.1. The molecule has 118 valence electrons. The van der Waals surface area contributed by atoms with Crippen LogP contribution in [0.25, 0.3) is 11.3 Å². The first-order valence-corrected chi connectivity index (χ1v) is 7.24. The van der Waals surface area contributed by atoms with Crippen molar-refractivity contribution in [3.05, 3.63) is 78.8 Å². The van der Waals surface area contributed by atoms with E-state index in [0.29, 0.717) is 16.9 Å². The molecule has 0 bridgehead atoms. The number of nitrogens with zero attached hydrogens (tertiary/aromatic N) is 4. The summed E-state index contributed by atoms with van der Waals surface area (Å²) in [6.07, 6.45) is 8.30. The first-order chi connectivity index (χ1) is 11.7. The zero-order valence-electron chi connectivity index (χ0n) is 12.4. The predicted octanol–water partition coefficient (Wildman–Crippen LogP) is 2.91. The fourth-order valence-corrected chi connectivity index (χ4v) is 2.44. The zero-order valence-corrected chi connectivity index (χ0v) is 12.4. The van der Waals surface area contributed by atoms with E-state index in [1.54, 1.807) is 65.7 Å². The van der Waals surface area contributed by atoms with Gasteiger partial charge in [-0.25, -0.2) is 14.1 Å². The summed E-state index contributed by atoms with van der Waals surface area (Å²) < 4.78 is 17.4. The smallest absolute Gasteiger partial charge is 0.257 e. The molecule has 3 aromatic heterocycles. The number of benzene rings is 1. The molecule has 0 atom stereocenters. The van der Waals surface area contributed by atoms with Gasteiger partial charge in [0.2, 0.25) is 0 Å². The first-order valence-electron chi connectivity index (χ1n) is 7.24. The van der Waals surface area contributed by atoms with Gasteiger partial charge in [-0.05, 0) is 36.4 Å². The molecule has 0 spiro atoms. The lowest BCUT2D eigenvalue weighted by Crippen LogP contribution is -2.13. The van der Waals surface area contributed by atoms with Gasteiger partial charge in [0.15, 0.2) is 5.82 Å². The first kappa shape index (κ1) is 14.1. The standard InChI is InChI=1S/C17H12FN5O/c18-14-10-13(3-4-15(14)23-8-1-6-20-23)21-17(24)12-2-5-16-19-7-9-22(16)11-12/h1-11H,(H,21,24). The van der Waals surface area contributed by atoms with Crippen LogP contribution in [0, 0.1) is 5.82 Å². The Labute approximate surface area is 136 Å². The van der Waals surface area contributed by atoms with Gasteiger partial charge >= 0.3 is 0 Å². The number of imidazole rings is 1. The molecule has 3 heterocycles. The average molecular weight is 321 g/mol. The van der Waals surface area contributed by atoms with Crippen molar-refractivity contribution in [1.29, 1.82) is 0 Å². The van der Waals surface area contributed by atoms with Crippen LogP contribution in [0.1, 0.15) is 10.4 Å². The molecule has 4 rings (SSSR count). The van der Waals surface area contributed by atoms with Crippen molar-refractivity contribution < 1.29 is 9.18 Å². The maximum atomic E-state index is 14.2. The second-order valence-electron chi connectivity index (χ2n) is 5.18. The number of halogens is 1. The van der Waals surface area contributed by atoms with Crippen LogP contribution < -0.4 is 5.32 Å². The van der Waals surface area contributed by atoms with E-state index in [1.165, 1.54) is 10.7 Å². The highest BCUT2D eigenvalue weighted by Gasteiger charge is 2.10. The van der Waals surface area contributed by atoms with E-state index in [0.717, 1.165) is 5.65 Å². The van der Waals surface area contributed by atoms with E-state index in [1.807, 2.05) is 0 Å². The number of hydrogen-bond acceptors (Lipinski definition) is 3. The van der Waals surface area contributed by atoms with Crippen molar-refractivity contribution in [2.75, 3.05) is 5.32 Å². The Kier molecular flexibility index (Phi) is 3.31. The summed E-state index contributed by atoms with van der Waals surface area (Å²) in [5.41, 5.74) is 1.90. The summed E-state index contributed by atoms with van der Waals surface area (Å²) in [4.78, 5) is 16.4. The lowest BCUT2D eigenvalue weighted by Gasteiger charge is -2.08. The van der Waals surface area contributed by atoms with Gasteiger partial charge in [0, 0.05) is 36.7 Å². The molecule has 1 amide bonds. The Bertz CT molecular complexity index is 1020. The van der Waals surface area contributed by atoms with Crippen LogP contribution in [0.4, 0.5) is 10.1 Å². The molecule has 6 nitrogen and oxygen atoms in total. The molecular weight excluding hydrogens is 309 g/mol. The lowest BCUT2D eigenvalue weighted by atomic mass is 10.2. The Morgan fingerprint density at radius 3 is 2.83 bits per heavy atom. The number of carbonyl (C=O) groups is 1. The molecule has 4 aromatic rings. The fourth-order valence-electron chi connectivity index (χ4n) is 2.44. The van der Waals surface area contributed by atoms with Crippen molar-refractivity contribution in [2.24, 2.45) is 0 Å². The molecule has 0 unspecified atom stereocenters. The monoisotopic (exact) mass is 321 g/mol. The van der Waals surface area contributed by atoms with Crippen LogP contribution in [-0.4, -0.2) is 25.1 Å². The second-order valence-corrected chi connectivity index (χ2v) is 5.18. The predicted molar refractivity (Wildman–Crippen MR) is 86.7 cm³/mol. The third-order valence-corrected chi connectivity index (χ3v) is 3.61. The van der Waals surface area contributed by atoms with Crippen molar-refractivity contribution in [3.8, 4) is 5.69 Å². The molecule has 1 N–H and O–H groups in total. The summed E-state index contributed by atoms with van der Waals surface area (Å²) >= 11 is 0. The highest BCUT2D eigenvalue weighted by Crippen LogP contribution is 2.18. The molecule has 0 aliphatic carbocycles. The molecular formula is C17H12FN5O. The third kappa shape index (κ3) is 2.52. The number of pyridine rings is 1. The van der Waals surface area contributed by atoms with E-state index in [2.05, 4.69) is 15.4 Å². The number of amides is 1. The minimum atomic E-state index is -0.471. The minimum Gasteiger partial charge on any atom is -0.322 e. The van der Waals surface area contributed by atoms with Crippen LogP contribution in [0.2, 0.25) is 0 Å². The van der Waals surface area contributed by atoms with Gasteiger partial charge in [0.25, 0.3) is 5.91 Å². The Hall–Kier alpha value is -3.48. The van der Waals surface area contributed by atoms with Gasteiger partial charge in [0.1, 0.15) is 11.3 Å². The van der Waals surface area contributed by atoms with Gasteiger partial charge in [-0.3, -0.25) is 4.79 Å². The number of anilines is 1. The number of fused-ring (bicyclic) bond motifs is 1. The van der Waals surface area contributed by atoms with Gasteiger partial charge in [-0.1, -0.05) is 0 Å². The van der Waals surface area contributed by atoms with E-state index in [-0.39, 0.29) is 5.91 Å². The molecule has 0 radical (unpaired) electrons. The van der Waals surface area contributed by atoms with Gasteiger partial charge in [-0.2, -0.15) is 5.10 Å². The van der Waals surface area contributed by atoms with Crippen LogP contribution in [0.5, 0.6) is 0 Å². The van der Waals surface area contributed by atoms with Crippen molar-refractivity contribution in [2.45, 2.75) is 0 Å². The molecule has 1 aromatic carbocycles. The normalized spacial score (nSPS) is 10.9. The van der Waals surface area contributed by atoms with Gasteiger partial charge in [-0.15, -0.1) is 0 Å². The number of rotatable bonds is 3. The average Bonchev–Trinajstić information content (AvgIpc) is 3.25. The molecule has 0 saturated heterocycles. The van der Waals surface area contributed by atoms with Crippen molar-refractivity contribution >= 4 is 17.2 Å². The van der Waals surface area contributed by atoms with Crippen LogP contribution in [0.15, 0.2) is 67.4 Å². The Balaban J connectivity index is 1.58. The molecule has 0 fully saturated rings. The third-order valence-electron chi connectivity index (χ3n) is 3.61. The van der Waals surface area contributed by atoms with Crippen LogP contribution in [0.3, 0.4) is 0 Å². The summed E-state index contributed by atoms with van der Waals surface area (Å²) in [5, 5.41) is 6.68. The second kappa shape index (κ2) is 5.62. The fraction of sp³-hybridized carbons (Fsp3) is 0. The number of aromatic nitrogens is 4. The Morgan fingerprint density at radius 1 is 1.12 bits per heavy atom. The maximum absolute atomic E-state index is 14.2. The molecule has 0 saturated carbocycles. The van der Waals surface area contributed by atoms with Gasteiger partial charge < -0.3 is 9.72 Å². The van der Waals surface area contributed by atoms with Gasteiger partial charge in [0.05, 0.1) is 5.56 Å². The molecule has 0 aliphatic heterocycles. The summed E-state index contributed by atoms with van der Waals surface area (Å²) in [6, 6.07) is 9.60. The van der Waals surface area contributed by atoms with E-state index < -0.39 is 5.82 Å². The molecule has 0 aliphatic rings. The van der Waals surface area contributed by atoms with Crippen molar-refractivity contribution in [3.63, 3.8) is 0 Å². The number of nitrogens with one attached hydrogen (secondary N) is 1. The number of hydrogen-bond donors (Lipinski definition) is 1. The van der Waals surface area contributed by atoms with Crippen LogP contribution >= 0.6 is 0 Å². The maximum Gasteiger partial charge on any atom is 0.257 e. The largest absolute Gasteiger partial charge is 0.322 e. The van der Waals surface area contributed by atoms with Crippen molar-refractivity contribution in [1.82, 2.24) is 19.2 Å². The van der Waals surface area contributed by atoms with E-state index in [9.17, 15) is 9.18 Å². The highest BCUT2D eigenvalue weighted by molar-refractivity contribution is 6.04. The van der Waals surface area contributed by atoms with E-state index >= 15 is 0 Å².